The first-order chi connectivity index (χ1) is 11.0. The summed E-state index contributed by atoms with van der Waals surface area (Å²) in [5, 5.41) is 29.6. The van der Waals surface area contributed by atoms with Gasteiger partial charge in [-0.2, -0.15) is 13.2 Å². The number of ketones is 1. The maximum Gasteiger partial charge on any atom is 0.417 e. The second kappa shape index (κ2) is 5.80. The summed E-state index contributed by atoms with van der Waals surface area (Å²) in [5.41, 5.74) is -3.65. The molecule has 0 aliphatic rings. The number of halogens is 3. The molecular formula is C14H9F3N2O5. The fraction of sp³-hybridized carbons (Fsp3) is 0.143. The van der Waals surface area contributed by atoms with E-state index in [4.69, 9.17) is 0 Å². The number of phenolic OH excluding ortho intramolecular Hbond substituents is 2. The molecule has 2 aromatic rings. The number of carbonyl (C=O) groups excluding carboxylic acids is 1. The Kier molecular flexibility index (Phi) is 4.15. The standard InChI is InChI=1S/C14H9F3N2O5/c1-6-2-9(14(15,16)17)8(5-18-6)12(21)7-3-10(19(23)24)13(22)11(20)4-7/h2-5,20,22H,1H3. The van der Waals surface area contributed by atoms with Crippen molar-refractivity contribution in [3.05, 3.63) is 56.9 Å². The lowest BCUT2D eigenvalue weighted by Crippen LogP contribution is -2.15. The summed E-state index contributed by atoms with van der Waals surface area (Å²) in [4.78, 5) is 25.6. The summed E-state index contributed by atoms with van der Waals surface area (Å²) < 4.78 is 39.2. The van der Waals surface area contributed by atoms with Crippen LogP contribution in [0.25, 0.3) is 0 Å². The predicted octanol–water partition coefficient (Wildman–Crippen LogP) is 2.96. The molecule has 2 rings (SSSR count). The number of pyridine rings is 1. The molecule has 0 atom stereocenters. The molecule has 1 aromatic heterocycles. The van der Waals surface area contributed by atoms with Crippen molar-refractivity contribution in [1.29, 1.82) is 0 Å². The van der Waals surface area contributed by atoms with Crippen LogP contribution in [0.2, 0.25) is 0 Å². The van der Waals surface area contributed by atoms with Crippen molar-refractivity contribution in [2.45, 2.75) is 13.1 Å². The number of benzene rings is 1. The molecule has 0 radical (unpaired) electrons. The SMILES string of the molecule is Cc1cc(C(F)(F)F)c(C(=O)c2cc(O)c(O)c([N+](=O)[O-])c2)cn1. The van der Waals surface area contributed by atoms with Gasteiger partial charge in [0.15, 0.2) is 11.5 Å². The maximum absolute atomic E-state index is 13.1. The summed E-state index contributed by atoms with van der Waals surface area (Å²) >= 11 is 0. The summed E-state index contributed by atoms with van der Waals surface area (Å²) in [6.45, 7) is 1.31. The van der Waals surface area contributed by atoms with Gasteiger partial charge in [0.25, 0.3) is 0 Å². The van der Waals surface area contributed by atoms with Crippen LogP contribution >= 0.6 is 0 Å². The van der Waals surface area contributed by atoms with E-state index in [1.807, 2.05) is 0 Å². The first-order valence-electron chi connectivity index (χ1n) is 6.31. The third kappa shape index (κ3) is 3.12. The highest BCUT2D eigenvalue weighted by atomic mass is 19.4. The molecule has 10 heteroatoms. The molecular weight excluding hydrogens is 333 g/mol. The van der Waals surface area contributed by atoms with E-state index in [9.17, 15) is 38.3 Å². The predicted molar refractivity (Wildman–Crippen MR) is 73.8 cm³/mol. The minimum absolute atomic E-state index is 0.0263. The van der Waals surface area contributed by atoms with Crippen LogP contribution < -0.4 is 0 Å². The normalized spacial score (nSPS) is 11.3. The monoisotopic (exact) mass is 342 g/mol. The molecule has 0 amide bonds. The van der Waals surface area contributed by atoms with Crippen LogP contribution in [0.5, 0.6) is 11.5 Å². The molecule has 0 aliphatic carbocycles. The number of aromatic nitrogens is 1. The van der Waals surface area contributed by atoms with Gasteiger partial charge in [-0.1, -0.05) is 0 Å². The van der Waals surface area contributed by atoms with Gasteiger partial charge in [0.2, 0.25) is 5.75 Å². The van der Waals surface area contributed by atoms with E-state index in [2.05, 4.69) is 4.98 Å². The second-order valence-corrected chi connectivity index (χ2v) is 4.82. The second-order valence-electron chi connectivity index (χ2n) is 4.82. The van der Waals surface area contributed by atoms with Crippen molar-refractivity contribution in [3.63, 3.8) is 0 Å². The van der Waals surface area contributed by atoms with Crippen LogP contribution in [-0.2, 0) is 6.18 Å². The van der Waals surface area contributed by atoms with Gasteiger partial charge in [-0.15, -0.1) is 0 Å². The lowest BCUT2D eigenvalue weighted by atomic mass is 9.98. The molecule has 1 heterocycles. The number of phenols is 2. The van der Waals surface area contributed by atoms with Gasteiger partial charge in [-0.05, 0) is 19.1 Å². The topological polar surface area (TPSA) is 114 Å². The van der Waals surface area contributed by atoms with Crippen LogP contribution in [0.4, 0.5) is 18.9 Å². The number of aryl methyl sites for hydroxylation is 1. The lowest BCUT2D eigenvalue weighted by molar-refractivity contribution is -0.386. The summed E-state index contributed by atoms with van der Waals surface area (Å²) in [6.07, 6.45) is -4.14. The van der Waals surface area contributed by atoms with Crippen LogP contribution in [0, 0.1) is 17.0 Å². The first kappa shape index (κ1) is 17.2. The summed E-state index contributed by atoms with van der Waals surface area (Å²) in [5.74, 6) is -3.32. The molecule has 126 valence electrons. The van der Waals surface area contributed by atoms with Crippen molar-refractivity contribution in [2.24, 2.45) is 0 Å². The Balaban J connectivity index is 2.65. The number of hydrogen-bond donors (Lipinski definition) is 2. The number of alkyl halides is 3. The summed E-state index contributed by atoms with van der Waals surface area (Å²) in [7, 11) is 0. The van der Waals surface area contributed by atoms with Crippen molar-refractivity contribution < 1.29 is 33.1 Å². The molecule has 0 bridgehead atoms. The fourth-order valence-corrected chi connectivity index (χ4v) is 2.01. The molecule has 0 saturated carbocycles. The Labute approximate surface area is 132 Å². The van der Waals surface area contributed by atoms with E-state index in [1.165, 1.54) is 6.92 Å². The number of nitrogens with zero attached hydrogens (tertiary/aromatic N) is 2. The van der Waals surface area contributed by atoms with Gasteiger partial charge < -0.3 is 10.2 Å². The van der Waals surface area contributed by atoms with Crippen molar-refractivity contribution in [1.82, 2.24) is 4.98 Å². The number of aromatic hydroxyl groups is 2. The quantitative estimate of drug-likeness (QED) is 0.384. The lowest BCUT2D eigenvalue weighted by Gasteiger charge is -2.12. The van der Waals surface area contributed by atoms with Crippen LogP contribution in [-0.4, -0.2) is 25.9 Å². The van der Waals surface area contributed by atoms with Gasteiger partial charge in [0.05, 0.1) is 16.1 Å². The number of nitro benzene ring substituents is 1. The minimum atomic E-state index is -4.84. The Bertz CT molecular complexity index is 849. The van der Waals surface area contributed by atoms with Crippen molar-refractivity contribution in [2.75, 3.05) is 0 Å². The molecule has 0 fully saturated rings. The molecule has 0 aliphatic heterocycles. The van der Waals surface area contributed by atoms with E-state index < -0.39 is 50.8 Å². The van der Waals surface area contributed by atoms with Crippen molar-refractivity contribution >= 4 is 11.5 Å². The highest BCUT2D eigenvalue weighted by molar-refractivity contribution is 6.10. The maximum atomic E-state index is 13.1. The average molecular weight is 342 g/mol. The third-order valence-corrected chi connectivity index (χ3v) is 3.12. The van der Waals surface area contributed by atoms with Crippen molar-refractivity contribution in [3.8, 4) is 11.5 Å². The van der Waals surface area contributed by atoms with Crippen LogP contribution in [0.15, 0.2) is 24.4 Å². The zero-order valence-electron chi connectivity index (χ0n) is 12.0. The Morgan fingerprint density at radius 3 is 2.42 bits per heavy atom. The van der Waals surface area contributed by atoms with Gasteiger partial charge in [-0.3, -0.25) is 19.9 Å². The highest BCUT2D eigenvalue weighted by Crippen LogP contribution is 2.38. The Morgan fingerprint density at radius 2 is 1.88 bits per heavy atom. The van der Waals surface area contributed by atoms with E-state index in [0.717, 1.165) is 0 Å². The third-order valence-electron chi connectivity index (χ3n) is 3.12. The Hall–Kier alpha value is -3.17. The largest absolute Gasteiger partial charge is 0.504 e. The first-order valence-corrected chi connectivity index (χ1v) is 6.31. The zero-order valence-corrected chi connectivity index (χ0v) is 12.0. The minimum Gasteiger partial charge on any atom is -0.504 e. The number of carbonyl (C=O) groups is 1. The molecule has 1 aromatic carbocycles. The highest BCUT2D eigenvalue weighted by Gasteiger charge is 2.36. The molecule has 0 unspecified atom stereocenters. The number of hydrogen-bond acceptors (Lipinski definition) is 6. The summed E-state index contributed by atoms with van der Waals surface area (Å²) in [6, 6.07) is 1.89. The Morgan fingerprint density at radius 1 is 1.25 bits per heavy atom. The van der Waals surface area contributed by atoms with Gasteiger partial charge in [0.1, 0.15) is 0 Å². The smallest absolute Gasteiger partial charge is 0.417 e. The van der Waals surface area contributed by atoms with E-state index in [0.29, 0.717) is 24.4 Å². The molecule has 7 nitrogen and oxygen atoms in total. The van der Waals surface area contributed by atoms with Crippen LogP contribution in [0.1, 0.15) is 27.2 Å². The van der Waals surface area contributed by atoms with E-state index in [-0.39, 0.29) is 5.69 Å². The molecule has 0 spiro atoms. The van der Waals surface area contributed by atoms with Gasteiger partial charge in [-0.25, -0.2) is 0 Å². The molecule has 0 saturated heterocycles. The van der Waals surface area contributed by atoms with Gasteiger partial charge in [0, 0.05) is 23.5 Å². The van der Waals surface area contributed by atoms with E-state index >= 15 is 0 Å². The van der Waals surface area contributed by atoms with E-state index in [1.54, 1.807) is 0 Å². The number of rotatable bonds is 3. The average Bonchev–Trinajstić information content (AvgIpc) is 2.48. The molecule has 2 N–H and O–H groups in total. The van der Waals surface area contributed by atoms with Gasteiger partial charge >= 0.3 is 11.9 Å². The fourth-order valence-electron chi connectivity index (χ4n) is 2.01. The molecule has 24 heavy (non-hydrogen) atoms. The van der Waals surface area contributed by atoms with Crippen LogP contribution in [0.3, 0.4) is 0 Å². The zero-order chi connectivity index (χ0) is 18.2. The number of nitro groups is 1.